The van der Waals surface area contributed by atoms with Gasteiger partial charge < -0.3 is 10.1 Å². The van der Waals surface area contributed by atoms with Crippen molar-refractivity contribution >= 4 is 27.7 Å². The molecule has 6 atom stereocenters. The van der Waals surface area contributed by atoms with Crippen molar-refractivity contribution in [2.75, 3.05) is 11.0 Å². The summed E-state index contributed by atoms with van der Waals surface area (Å²) < 4.78 is 45.9. The Morgan fingerprint density at radius 2 is 1.77 bits per heavy atom. The Balaban J connectivity index is 1.26. The lowest BCUT2D eigenvalue weighted by atomic mass is 9.95. The number of sulfonamides is 1. The SMILES string of the molecule is CC(C)(C)OC(=O)N1[C@H](C(=O)N[C@H](C#N)Cc2ccc(-c3ccc(NS(C)(=O)=O)cc3)cc2F)[C@@H]2C[C@H]1[C@H]1C[C@@H]21. The lowest BCUT2D eigenvalue weighted by Crippen LogP contribution is -2.56. The first-order valence-corrected chi connectivity index (χ1v) is 15.2. The Labute approximate surface area is 233 Å². The number of rotatable bonds is 7. The van der Waals surface area contributed by atoms with Crippen molar-refractivity contribution in [2.24, 2.45) is 17.8 Å². The van der Waals surface area contributed by atoms with E-state index in [2.05, 4.69) is 16.1 Å². The number of nitrogens with zero attached hydrogens (tertiary/aromatic N) is 2. The Bertz CT molecular complexity index is 1480. The molecular weight excluding hydrogens is 535 g/mol. The van der Waals surface area contributed by atoms with E-state index in [0.29, 0.717) is 28.7 Å². The number of benzene rings is 2. The molecule has 40 heavy (non-hydrogen) atoms. The minimum absolute atomic E-state index is 0.0256. The van der Waals surface area contributed by atoms with Gasteiger partial charge in [0.1, 0.15) is 23.5 Å². The monoisotopic (exact) mass is 568 g/mol. The minimum Gasteiger partial charge on any atom is -0.444 e. The van der Waals surface area contributed by atoms with E-state index >= 15 is 4.39 Å². The number of fused-ring (bicyclic) bond motifs is 5. The normalized spacial score (nSPS) is 25.5. The largest absolute Gasteiger partial charge is 0.444 e. The topological polar surface area (TPSA) is 129 Å². The van der Waals surface area contributed by atoms with Crippen LogP contribution in [0.2, 0.25) is 0 Å². The lowest BCUT2D eigenvalue weighted by molar-refractivity contribution is -0.128. The van der Waals surface area contributed by atoms with Crippen molar-refractivity contribution < 1.29 is 27.1 Å². The third kappa shape index (κ3) is 5.77. The summed E-state index contributed by atoms with van der Waals surface area (Å²) in [5.41, 5.74) is 1.24. The number of hydrogen-bond donors (Lipinski definition) is 2. The molecule has 0 unspecified atom stereocenters. The summed E-state index contributed by atoms with van der Waals surface area (Å²) >= 11 is 0. The fourth-order valence-corrected chi connectivity index (χ4v) is 6.79. The number of likely N-dealkylation sites (tertiary alicyclic amines) is 1. The molecule has 1 aliphatic heterocycles. The standard InChI is InChI=1S/C29H33FN4O5S/c1-29(2,3)39-28(36)34-25-14-23(21-13-22(21)25)26(34)27(35)32-20(15-31)11-18-6-5-17(12-24(18)30)16-7-9-19(10-8-16)33-40(4,37)38/h5-10,12,20-23,25-26,33H,11,13-14H2,1-4H3,(H,32,35)/t20-,21+,22-,23+,25-,26-/m0/s1. The molecule has 3 fully saturated rings. The zero-order chi connectivity index (χ0) is 29.0. The van der Waals surface area contributed by atoms with Gasteiger partial charge in [-0.1, -0.05) is 24.3 Å². The van der Waals surface area contributed by atoms with Crippen LogP contribution in [0.1, 0.15) is 39.2 Å². The summed E-state index contributed by atoms with van der Waals surface area (Å²) in [6.07, 6.45) is 2.26. The van der Waals surface area contributed by atoms with Gasteiger partial charge in [0.25, 0.3) is 0 Å². The second-order valence-electron chi connectivity index (χ2n) is 12.0. The molecule has 11 heteroatoms. The number of nitrogens with one attached hydrogen (secondary N) is 2. The summed E-state index contributed by atoms with van der Waals surface area (Å²) in [7, 11) is -3.41. The molecule has 2 bridgehead atoms. The molecule has 1 heterocycles. The molecule has 9 nitrogen and oxygen atoms in total. The number of carbonyl (C=O) groups is 2. The molecule has 1 saturated heterocycles. The summed E-state index contributed by atoms with van der Waals surface area (Å²) in [5.74, 6) is -0.0669. The maximum Gasteiger partial charge on any atom is 0.411 e. The molecule has 2 aromatic rings. The second kappa shape index (κ2) is 10.1. The number of piperidine rings is 1. The lowest BCUT2D eigenvalue weighted by Gasteiger charge is -2.35. The first-order valence-electron chi connectivity index (χ1n) is 13.3. The van der Waals surface area contributed by atoms with Gasteiger partial charge in [-0.15, -0.1) is 0 Å². The van der Waals surface area contributed by atoms with Gasteiger partial charge in [-0.3, -0.25) is 14.4 Å². The molecule has 0 aromatic heterocycles. The zero-order valence-electron chi connectivity index (χ0n) is 22.8. The van der Waals surface area contributed by atoms with Gasteiger partial charge in [0.2, 0.25) is 15.9 Å². The highest BCUT2D eigenvalue weighted by Crippen LogP contribution is 2.63. The second-order valence-corrected chi connectivity index (χ2v) is 13.8. The first kappa shape index (κ1) is 27.9. The Morgan fingerprint density at radius 3 is 2.38 bits per heavy atom. The smallest absolute Gasteiger partial charge is 0.411 e. The number of nitriles is 1. The van der Waals surface area contributed by atoms with Crippen LogP contribution < -0.4 is 10.0 Å². The van der Waals surface area contributed by atoms with E-state index in [0.717, 1.165) is 19.1 Å². The average Bonchev–Trinajstić information content (AvgIpc) is 3.46. The van der Waals surface area contributed by atoms with Crippen molar-refractivity contribution in [3.63, 3.8) is 0 Å². The molecule has 0 spiro atoms. The Kier molecular flexibility index (Phi) is 7.03. The van der Waals surface area contributed by atoms with Gasteiger partial charge in [-0.25, -0.2) is 17.6 Å². The number of anilines is 1. The minimum atomic E-state index is -3.41. The maximum absolute atomic E-state index is 15.1. The molecule has 0 radical (unpaired) electrons. The van der Waals surface area contributed by atoms with E-state index in [4.69, 9.17) is 4.74 Å². The molecule has 3 aliphatic rings. The van der Waals surface area contributed by atoms with Crippen molar-refractivity contribution in [2.45, 2.75) is 63.8 Å². The highest BCUT2D eigenvalue weighted by atomic mass is 32.2. The van der Waals surface area contributed by atoms with Gasteiger partial charge >= 0.3 is 6.09 Å². The van der Waals surface area contributed by atoms with Gasteiger partial charge in [-0.05, 0) is 86.3 Å². The van der Waals surface area contributed by atoms with E-state index in [-0.39, 0.29) is 23.9 Å². The molecule has 5 rings (SSSR count). The van der Waals surface area contributed by atoms with Crippen LogP contribution >= 0.6 is 0 Å². The Morgan fingerprint density at radius 1 is 1.10 bits per heavy atom. The molecule has 212 valence electrons. The fraction of sp³-hybridized carbons (Fsp3) is 0.483. The maximum atomic E-state index is 15.1. The predicted molar refractivity (Wildman–Crippen MR) is 147 cm³/mol. The van der Waals surface area contributed by atoms with Gasteiger partial charge in [0, 0.05) is 18.2 Å². The highest BCUT2D eigenvalue weighted by Gasteiger charge is 2.67. The Hall–Kier alpha value is -3.65. The summed E-state index contributed by atoms with van der Waals surface area (Å²) in [5, 5.41) is 12.5. The molecular formula is C29H33FN4O5S. The van der Waals surface area contributed by atoms with E-state index < -0.39 is 45.5 Å². The van der Waals surface area contributed by atoms with E-state index in [1.54, 1.807) is 62.1 Å². The summed E-state index contributed by atoms with van der Waals surface area (Å²) in [6.45, 7) is 5.35. The average molecular weight is 569 g/mol. The molecule has 2 aliphatic carbocycles. The number of amides is 2. The number of carbonyl (C=O) groups excluding carboxylic acids is 2. The van der Waals surface area contributed by atoms with Crippen LogP contribution in [0.5, 0.6) is 0 Å². The van der Waals surface area contributed by atoms with Crippen LogP contribution in [0.25, 0.3) is 11.1 Å². The summed E-state index contributed by atoms with van der Waals surface area (Å²) in [4.78, 5) is 28.0. The van der Waals surface area contributed by atoms with Crippen LogP contribution in [0.15, 0.2) is 42.5 Å². The van der Waals surface area contributed by atoms with Gasteiger partial charge in [0.15, 0.2) is 0 Å². The van der Waals surface area contributed by atoms with Crippen molar-refractivity contribution in [1.29, 1.82) is 5.26 Å². The predicted octanol–water partition coefficient (Wildman–Crippen LogP) is 4.06. The van der Waals surface area contributed by atoms with Crippen molar-refractivity contribution in [1.82, 2.24) is 10.2 Å². The number of hydrogen-bond acceptors (Lipinski definition) is 6. The van der Waals surface area contributed by atoms with Crippen molar-refractivity contribution in [3.05, 3.63) is 53.8 Å². The number of ether oxygens (including phenoxy) is 1. The fourth-order valence-electron chi connectivity index (χ4n) is 6.22. The van der Waals surface area contributed by atoms with Gasteiger partial charge in [-0.2, -0.15) is 5.26 Å². The highest BCUT2D eigenvalue weighted by molar-refractivity contribution is 7.92. The van der Waals surface area contributed by atoms with Crippen LogP contribution in [-0.2, 0) is 26.0 Å². The van der Waals surface area contributed by atoms with Crippen LogP contribution in [-0.4, -0.2) is 55.3 Å². The number of halogens is 1. The molecule has 2 aromatic carbocycles. The first-order chi connectivity index (χ1) is 18.7. The van der Waals surface area contributed by atoms with E-state index in [9.17, 15) is 23.3 Å². The summed E-state index contributed by atoms with van der Waals surface area (Å²) in [6, 6.07) is 11.5. The molecule has 2 amide bonds. The van der Waals surface area contributed by atoms with Crippen molar-refractivity contribution in [3.8, 4) is 17.2 Å². The molecule has 2 N–H and O–H groups in total. The third-order valence-electron chi connectivity index (χ3n) is 7.86. The zero-order valence-corrected chi connectivity index (χ0v) is 23.7. The van der Waals surface area contributed by atoms with Gasteiger partial charge in [0.05, 0.1) is 12.3 Å². The van der Waals surface area contributed by atoms with E-state index in [1.165, 1.54) is 6.07 Å². The molecule has 2 saturated carbocycles. The third-order valence-corrected chi connectivity index (χ3v) is 8.46. The quantitative estimate of drug-likeness (QED) is 0.519. The van der Waals surface area contributed by atoms with Crippen LogP contribution in [0.3, 0.4) is 0 Å². The van der Waals surface area contributed by atoms with E-state index in [1.807, 2.05) is 0 Å². The van der Waals surface area contributed by atoms with Crippen LogP contribution in [0, 0.1) is 34.9 Å². The van der Waals surface area contributed by atoms with Crippen LogP contribution in [0.4, 0.5) is 14.9 Å².